The monoisotopic (exact) mass is 249 g/mol. The SMILES string of the molecule is CO/C=C(\c1ccc(C)cc1)c1ccccc1C#N. The van der Waals surface area contributed by atoms with E-state index in [1.807, 2.05) is 55.5 Å². The Balaban J connectivity index is 2.56. The van der Waals surface area contributed by atoms with Gasteiger partial charge in [0.25, 0.3) is 0 Å². The van der Waals surface area contributed by atoms with E-state index in [1.165, 1.54) is 5.56 Å². The lowest BCUT2D eigenvalue weighted by molar-refractivity contribution is 0.340. The normalized spacial score (nSPS) is 10.9. The van der Waals surface area contributed by atoms with Crippen molar-refractivity contribution in [2.24, 2.45) is 0 Å². The minimum atomic E-state index is 0.645. The maximum Gasteiger partial charge on any atom is 0.0998 e. The van der Waals surface area contributed by atoms with Crippen LogP contribution in [0.4, 0.5) is 0 Å². The summed E-state index contributed by atoms with van der Waals surface area (Å²) in [4.78, 5) is 0. The smallest absolute Gasteiger partial charge is 0.0998 e. The second-order valence-electron chi connectivity index (χ2n) is 4.29. The molecule has 2 nitrogen and oxygen atoms in total. The summed E-state index contributed by atoms with van der Waals surface area (Å²) in [6.07, 6.45) is 1.68. The zero-order chi connectivity index (χ0) is 13.7. The van der Waals surface area contributed by atoms with Gasteiger partial charge >= 0.3 is 0 Å². The van der Waals surface area contributed by atoms with Crippen LogP contribution in [0, 0.1) is 18.3 Å². The van der Waals surface area contributed by atoms with E-state index in [2.05, 4.69) is 6.07 Å². The topological polar surface area (TPSA) is 33.0 Å². The van der Waals surface area contributed by atoms with Gasteiger partial charge < -0.3 is 4.74 Å². The van der Waals surface area contributed by atoms with Crippen LogP contribution < -0.4 is 0 Å². The van der Waals surface area contributed by atoms with Crippen LogP contribution >= 0.6 is 0 Å². The summed E-state index contributed by atoms with van der Waals surface area (Å²) in [6.45, 7) is 2.05. The maximum absolute atomic E-state index is 9.21. The molecule has 2 heteroatoms. The Hall–Kier alpha value is -2.53. The summed E-state index contributed by atoms with van der Waals surface area (Å²) in [5.74, 6) is 0. The molecule has 0 spiro atoms. The number of ether oxygens (including phenoxy) is 1. The lowest BCUT2D eigenvalue weighted by Crippen LogP contribution is -1.93. The highest BCUT2D eigenvalue weighted by atomic mass is 16.5. The molecule has 0 unspecified atom stereocenters. The molecule has 0 aliphatic carbocycles. The van der Waals surface area contributed by atoms with Crippen molar-refractivity contribution >= 4 is 5.57 Å². The Labute approximate surface area is 113 Å². The third kappa shape index (κ3) is 2.83. The molecular formula is C17H15NO. The van der Waals surface area contributed by atoms with Gasteiger partial charge in [-0.3, -0.25) is 0 Å². The fraction of sp³-hybridized carbons (Fsp3) is 0.118. The molecule has 0 atom stereocenters. The maximum atomic E-state index is 9.21. The second-order valence-corrected chi connectivity index (χ2v) is 4.29. The molecule has 0 saturated heterocycles. The van der Waals surface area contributed by atoms with Gasteiger partial charge in [-0.05, 0) is 18.6 Å². The van der Waals surface area contributed by atoms with Crippen molar-refractivity contribution in [2.45, 2.75) is 6.92 Å². The van der Waals surface area contributed by atoms with Gasteiger partial charge in [-0.1, -0.05) is 48.0 Å². The van der Waals surface area contributed by atoms with Crippen LogP contribution in [-0.2, 0) is 4.74 Å². The third-order valence-electron chi connectivity index (χ3n) is 2.94. The molecular weight excluding hydrogens is 234 g/mol. The van der Waals surface area contributed by atoms with Crippen LogP contribution in [0.15, 0.2) is 54.8 Å². The summed E-state index contributed by atoms with van der Waals surface area (Å²) in [5.41, 5.74) is 4.69. The highest BCUT2D eigenvalue weighted by Crippen LogP contribution is 2.26. The first-order valence-corrected chi connectivity index (χ1v) is 6.05. The van der Waals surface area contributed by atoms with Crippen molar-refractivity contribution in [3.05, 3.63) is 77.0 Å². The highest BCUT2D eigenvalue weighted by molar-refractivity contribution is 5.82. The average Bonchev–Trinajstić information content (AvgIpc) is 2.46. The average molecular weight is 249 g/mol. The van der Waals surface area contributed by atoms with Crippen molar-refractivity contribution in [3.8, 4) is 6.07 Å². The largest absolute Gasteiger partial charge is 0.504 e. The second kappa shape index (κ2) is 5.88. The molecule has 0 amide bonds. The van der Waals surface area contributed by atoms with E-state index in [0.717, 1.165) is 16.7 Å². The lowest BCUT2D eigenvalue weighted by Gasteiger charge is -2.10. The molecule has 0 aliphatic heterocycles. The summed E-state index contributed by atoms with van der Waals surface area (Å²) in [5, 5.41) is 9.21. The van der Waals surface area contributed by atoms with Gasteiger partial charge in [0.05, 0.1) is 25.0 Å². The van der Waals surface area contributed by atoms with Gasteiger partial charge in [0.2, 0.25) is 0 Å². The van der Waals surface area contributed by atoms with E-state index in [1.54, 1.807) is 13.4 Å². The molecule has 2 aromatic rings. The standard InChI is InChI=1S/C17H15NO/c1-13-7-9-14(10-8-13)17(12-19-2)16-6-4-3-5-15(16)11-18/h3-10,12H,1-2H3/b17-12+. The number of benzene rings is 2. The fourth-order valence-electron chi connectivity index (χ4n) is 1.95. The zero-order valence-corrected chi connectivity index (χ0v) is 11.1. The minimum Gasteiger partial charge on any atom is -0.504 e. The van der Waals surface area contributed by atoms with Gasteiger partial charge in [-0.25, -0.2) is 0 Å². The van der Waals surface area contributed by atoms with Crippen LogP contribution in [0.2, 0.25) is 0 Å². The number of hydrogen-bond donors (Lipinski definition) is 0. The van der Waals surface area contributed by atoms with E-state index in [9.17, 15) is 5.26 Å². The Morgan fingerprint density at radius 3 is 2.42 bits per heavy atom. The fourth-order valence-corrected chi connectivity index (χ4v) is 1.95. The van der Waals surface area contributed by atoms with Crippen molar-refractivity contribution in [3.63, 3.8) is 0 Å². The van der Waals surface area contributed by atoms with Crippen LogP contribution in [0.5, 0.6) is 0 Å². The number of methoxy groups -OCH3 is 1. The summed E-state index contributed by atoms with van der Waals surface area (Å²) < 4.78 is 5.17. The molecule has 0 saturated carbocycles. The highest BCUT2D eigenvalue weighted by Gasteiger charge is 2.09. The first-order chi connectivity index (χ1) is 9.26. The Kier molecular flexibility index (Phi) is 4.00. The molecule has 2 rings (SSSR count). The number of hydrogen-bond acceptors (Lipinski definition) is 2. The van der Waals surface area contributed by atoms with Crippen molar-refractivity contribution < 1.29 is 4.74 Å². The van der Waals surface area contributed by atoms with Crippen molar-refractivity contribution in [1.82, 2.24) is 0 Å². The van der Waals surface area contributed by atoms with Crippen LogP contribution in [0.3, 0.4) is 0 Å². The minimum absolute atomic E-state index is 0.645. The van der Waals surface area contributed by atoms with Crippen molar-refractivity contribution in [1.29, 1.82) is 5.26 Å². The van der Waals surface area contributed by atoms with E-state index in [-0.39, 0.29) is 0 Å². The van der Waals surface area contributed by atoms with Gasteiger partial charge in [-0.2, -0.15) is 5.26 Å². The van der Waals surface area contributed by atoms with Gasteiger partial charge in [0, 0.05) is 11.1 Å². The predicted molar refractivity (Wildman–Crippen MR) is 76.4 cm³/mol. The summed E-state index contributed by atoms with van der Waals surface area (Å²) in [6, 6.07) is 17.9. The molecule has 19 heavy (non-hydrogen) atoms. The Morgan fingerprint density at radius 1 is 1.11 bits per heavy atom. The molecule has 0 heterocycles. The predicted octanol–water partition coefficient (Wildman–Crippen LogP) is 3.90. The van der Waals surface area contributed by atoms with E-state index in [0.29, 0.717) is 5.56 Å². The van der Waals surface area contributed by atoms with E-state index >= 15 is 0 Å². The molecule has 0 aliphatic rings. The van der Waals surface area contributed by atoms with Crippen LogP contribution in [-0.4, -0.2) is 7.11 Å². The van der Waals surface area contributed by atoms with E-state index in [4.69, 9.17) is 4.74 Å². The first kappa shape index (κ1) is 12.9. The molecule has 2 aromatic carbocycles. The number of nitriles is 1. The number of rotatable bonds is 3. The molecule has 94 valence electrons. The lowest BCUT2D eigenvalue weighted by atomic mass is 9.95. The molecule has 0 bridgehead atoms. The van der Waals surface area contributed by atoms with Gasteiger partial charge in [-0.15, -0.1) is 0 Å². The third-order valence-corrected chi connectivity index (χ3v) is 2.94. The summed E-state index contributed by atoms with van der Waals surface area (Å²) in [7, 11) is 1.61. The number of nitrogens with zero attached hydrogens (tertiary/aromatic N) is 1. The van der Waals surface area contributed by atoms with Crippen LogP contribution in [0.1, 0.15) is 22.3 Å². The first-order valence-electron chi connectivity index (χ1n) is 6.05. The number of aryl methyl sites for hydroxylation is 1. The van der Waals surface area contributed by atoms with Gasteiger partial charge in [0.1, 0.15) is 0 Å². The molecule has 0 fully saturated rings. The molecule has 0 N–H and O–H groups in total. The van der Waals surface area contributed by atoms with Gasteiger partial charge in [0.15, 0.2) is 0 Å². The van der Waals surface area contributed by atoms with Crippen molar-refractivity contribution in [2.75, 3.05) is 7.11 Å². The quantitative estimate of drug-likeness (QED) is 0.773. The van der Waals surface area contributed by atoms with Crippen LogP contribution in [0.25, 0.3) is 5.57 Å². The van der Waals surface area contributed by atoms with E-state index < -0.39 is 0 Å². The Morgan fingerprint density at radius 2 is 1.79 bits per heavy atom. The molecule has 0 radical (unpaired) electrons. The Bertz CT molecular complexity index is 633. The zero-order valence-electron chi connectivity index (χ0n) is 11.1. The summed E-state index contributed by atoms with van der Waals surface area (Å²) >= 11 is 0. The molecule has 0 aromatic heterocycles.